The summed E-state index contributed by atoms with van der Waals surface area (Å²) in [6.07, 6.45) is 0. The number of methoxy groups -OCH3 is 1. The highest BCUT2D eigenvalue weighted by Gasteiger charge is 2.21. The molecule has 0 amide bonds. The second kappa shape index (κ2) is 6.04. The number of imidazole rings is 1. The lowest BCUT2D eigenvalue weighted by atomic mass is 10.2. The van der Waals surface area contributed by atoms with Crippen molar-refractivity contribution in [1.29, 1.82) is 0 Å². The van der Waals surface area contributed by atoms with Crippen molar-refractivity contribution in [3.8, 4) is 17.1 Å². The van der Waals surface area contributed by atoms with Crippen LogP contribution in [0.3, 0.4) is 0 Å². The first-order chi connectivity index (χ1) is 11.1. The van der Waals surface area contributed by atoms with Crippen LogP contribution >= 0.6 is 0 Å². The second-order valence-electron chi connectivity index (χ2n) is 5.04. The van der Waals surface area contributed by atoms with Crippen LogP contribution in [0, 0.1) is 12.7 Å². The zero-order valence-corrected chi connectivity index (χ0v) is 12.8. The predicted molar refractivity (Wildman–Crippen MR) is 85.0 cm³/mol. The molecule has 1 aromatic heterocycles. The fraction of sp³-hybridized carbons (Fsp3) is 0.111. The Labute approximate surface area is 133 Å². The lowest BCUT2D eigenvalue weighted by Crippen LogP contribution is -2.05. The van der Waals surface area contributed by atoms with Gasteiger partial charge >= 0.3 is 5.97 Å². The predicted octanol–water partition coefficient (Wildman–Crippen LogP) is 3.77. The lowest BCUT2D eigenvalue weighted by Gasteiger charge is -2.10. The van der Waals surface area contributed by atoms with Crippen LogP contribution in [-0.2, 0) is 4.74 Å². The van der Waals surface area contributed by atoms with E-state index in [-0.39, 0.29) is 11.5 Å². The lowest BCUT2D eigenvalue weighted by molar-refractivity contribution is 0.0593. The average molecular weight is 310 g/mol. The molecule has 0 aliphatic rings. The highest BCUT2D eigenvalue weighted by Crippen LogP contribution is 2.26. The first-order valence-corrected chi connectivity index (χ1v) is 7.11. The second-order valence-corrected chi connectivity index (χ2v) is 5.04. The van der Waals surface area contributed by atoms with Crippen molar-refractivity contribution < 1.29 is 13.9 Å². The van der Waals surface area contributed by atoms with Crippen LogP contribution in [0.15, 0.2) is 54.6 Å². The monoisotopic (exact) mass is 310 g/mol. The Bertz CT molecular complexity index is 839. The summed E-state index contributed by atoms with van der Waals surface area (Å²) in [5.74, 6) is -0.211. The normalized spacial score (nSPS) is 10.6. The molecule has 3 aromatic rings. The number of ether oxygens (including phenoxy) is 1. The zero-order chi connectivity index (χ0) is 16.4. The number of rotatable bonds is 3. The summed E-state index contributed by atoms with van der Waals surface area (Å²) in [6, 6.07) is 15.6. The molecule has 0 aliphatic heterocycles. The quantitative estimate of drug-likeness (QED) is 0.692. The smallest absolute Gasteiger partial charge is 0.358 e. The Morgan fingerprint density at radius 2 is 1.74 bits per heavy atom. The molecule has 0 saturated heterocycles. The molecular formula is C18H15FN2O2. The third-order valence-corrected chi connectivity index (χ3v) is 3.60. The summed E-state index contributed by atoms with van der Waals surface area (Å²) in [7, 11) is 1.32. The Balaban J connectivity index is 2.25. The third-order valence-electron chi connectivity index (χ3n) is 3.60. The summed E-state index contributed by atoms with van der Waals surface area (Å²) in [5.41, 5.74) is 2.47. The minimum atomic E-state index is -0.499. The van der Waals surface area contributed by atoms with Crippen molar-refractivity contribution in [2.45, 2.75) is 6.92 Å². The van der Waals surface area contributed by atoms with Gasteiger partial charge in [-0.15, -0.1) is 0 Å². The highest BCUT2D eigenvalue weighted by atomic mass is 19.1. The molecule has 0 spiro atoms. The highest BCUT2D eigenvalue weighted by molar-refractivity contribution is 5.89. The molecule has 3 rings (SSSR count). The molecule has 2 aromatic carbocycles. The molecule has 0 saturated carbocycles. The summed E-state index contributed by atoms with van der Waals surface area (Å²) in [4.78, 5) is 16.4. The summed E-state index contributed by atoms with van der Waals surface area (Å²) in [5, 5.41) is 0. The minimum Gasteiger partial charge on any atom is -0.464 e. The zero-order valence-electron chi connectivity index (χ0n) is 12.8. The number of hydrogen-bond acceptors (Lipinski definition) is 3. The van der Waals surface area contributed by atoms with E-state index in [2.05, 4.69) is 4.98 Å². The molecule has 1 heterocycles. The van der Waals surface area contributed by atoms with E-state index in [1.807, 2.05) is 34.9 Å². The van der Waals surface area contributed by atoms with Crippen LogP contribution in [0.5, 0.6) is 0 Å². The SMILES string of the molecule is COC(=O)c1nc(-c2ccccc2)n(-c2ccc(F)cc2)c1C. The molecule has 116 valence electrons. The van der Waals surface area contributed by atoms with Gasteiger partial charge < -0.3 is 4.74 Å². The van der Waals surface area contributed by atoms with Crippen LogP contribution in [0.1, 0.15) is 16.2 Å². The van der Waals surface area contributed by atoms with Crippen molar-refractivity contribution in [1.82, 2.24) is 9.55 Å². The molecule has 0 aliphatic carbocycles. The van der Waals surface area contributed by atoms with E-state index in [4.69, 9.17) is 4.74 Å². The van der Waals surface area contributed by atoms with Crippen LogP contribution in [-0.4, -0.2) is 22.6 Å². The summed E-state index contributed by atoms with van der Waals surface area (Å²) >= 11 is 0. The van der Waals surface area contributed by atoms with Gasteiger partial charge in [-0.3, -0.25) is 4.57 Å². The van der Waals surface area contributed by atoms with Gasteiger partial charge in [0.2, 0.25) is 0 Å². The molecule has 0 radical (unpaired) electrons. The van der Waals surface area contributed by atoms with E-state index >= 15 is 0 Å². The molecular weight excluding hydrogens is 295 g/mol. The standard InChI is InChI=1S/C18H15FN2O2/c1-12-16(18(22)23-2)20-17(13-6-4-3-5-7-13)21(12)15-10-8-14(19)9-11-15/h3-11H,1-2H3. The fourth-order valence-electron chi connectivity index (χ4n) is 2.48. The van der Waals surface area contributed by atoms with E-state index < -0.39 is 5.97 Å². The number of hydrogen-bond donors (Lipinski definition) is 0. The van der Waals surface area contributed by atoms with Crippen molar-refractivity contribution in [2.75, 3.05) is 7.11 Å². The van der Waals surface area contributed by atoms with Crippen LogP contribution < -0.4 is 0 Å². The van der Waals surface area contributed by atoms with Gasteiger partial charge in [0.1, 0.15) is 11.6 Å². The van der Waals surface area contributed by atoms with Crippen LogP contribution in [0.25, 0.3) is 17.1 Å². The molecule has 5 heteroatoms. The van der Waals surface area contributed by atoms with Gasteiger partial charge in [0.25, 0.3) is 0 Å². The topological polar surface area (TPSA) is 44.1 Å². The van der Waals surface area contributed by atoms with Gasteiger partial charge in [0, 0.05) is 11.3 Å². The van der Waals surface area contributed by atoms with Gasteiger partial charge in [-0.25, -0.2) is 14.2 Å². The molecule has 23 heavy (non-hydrogen) atoms. The molecule has 0 bridgehead atoms. The number of carbonyl (C=O) groups excluding carboxylic acids is 1. The summed E-state index contributed by atoms with van der Waals surface area (Å²) < 4.78 is 19.8. The van der Waals surface area contributed by atoms with Crippen LogP contribution in [0.4, 0.5) is 4.39 Å². The van der Waals surface area contributed by atoms with E-state index in [9.17, 15) is 9.18 Å². The number of benzene rings is 2. The fourth-order valence-corrected chi connectivity index (χ4v) is 2.48. The van der Waals surface area contributed by atoms with Gasteiger partial charge in [-0.1, -0.05) is 30.3 Å². The first kappa shape index (κ1) is 15.0. The maximum Gasteiger partial charge on any atom is 0.358 e. The average Bonchev–Trinajstić information content (AvgIpc) is 2.93. The number of nitrogens with zero attached hydrogens (tertiary/aromatic N) is 2. The van der Waals surface area contributed by atoms with Crippen molar-refractivity contribution in [3.05, 3.63) is 71.8 Å². The molecule has 0 atom stereocenters. The van der Waals surface area contributed by atoms with Crippen molar-refractivity contribution >= 4 is 5.97 Å². The van der Waals surface area contributed by atoms with Crippen molar-refractivity contribution in [2.24, 2.45) is 0 Å². The van der Waals surface area contributed by atoms with Crippen LogP contribution in [0.2, 0.25) is 0 Å². The first-order valence-electron chi connectivity index (χ1n) is 7.11. The third kappa shape index (κ3) is 2.73. The van der Waals surface area contributed by atoms with Crippen molar-refractivity contribution in [3.63, 3.8) is 0 Å². The van der Waals surface area contributed by atoms with Gasteiger partial charge in [0.05, 0.1) is 12.8 Å². The summed E-state index contributed by atoms with van der Waals surface area (Å²) in [6.45, 7) is 1.79. The molecule has 0 unspecified atom stereocenters. The van der Waals surface area contributed by atoms with E-state index in [1.54, 1.807) is 19.1 Å². The Morgan fingerprint density at radius 1 is 1.09 bits per heavy atom. The van der Waals surface area contributed by atoms with Gasteiger partial charge in [0.15, 0.2) is 5.69 Å². The van der Waals surface area contributed by atoms with E-state index in [0.29, 0.717) is 11.5 Å². The maximum absolute atomic E-state index is 13.2. The minimum absolute atomic E-state index is 0.246. The Kier molecular flexibility index (Phi) is 3.93. The Hall–Kier alpha value is -2.95. The van der Waals surface area contributed by atoms with Gasteiger partial charge in [-0.05, 0) is 31.2 Å². The number of carbonyl (C=O) groups is 1. The molecule has 0 fully saturated rings. The molecule has 4 nitrogen and oxygen atoms in total. The van der Waals surface area contributed by atoms with E-state index in [1.165, 1.54) is 19.2 Å². The maximum atomic E-state index is 13.2. The largest absolute Gasteiger partial charge is 0.464 e. The van der Waals surface area contributed by atoms with Gasteiger partial charge in [-0.2, -0.15) is 0 Å². The number of aromatic nitrogens is 2. The molecule has 0 N–H and O–H groups in total. The number of esters is 1. The Morgan fingerprint density at radius 3 is 2.35 bits per heavy atom. The number of halogens is 1. The van der Waals surface area contributed by atoms with E-state index in [0.717, 1.165) is 11.3 Å².